The molecule has 86 valence electrons. The quantitative estimate of drug-likeness (QED) is 0.652. The van der Waals surface area contributed by atoms with Crippen LogP contribution in [0.25, 0.3) is 0 Å². The van der Waals surface area contributed by atoms with Crippen LogP contribution in [0.4, 0.5) is 0 Å². The van der Waals surface area contributed by atoms with Gasteiger partial charge in [-0.05, 0) is 49.9 Å². The standard InChI is InChI=1S/C14H25N/c1-12-5-7-14(11-15,8-6-12)10-9-13(2,3)4/h12H,5-10H2,1-4H3. The fourth-order valence-corrected chi connectivity index (χ4v) is 2.35. The predicted molar refractivity (Wildman–Crippen MR) is 64.4 cm³/mol. The number of nitriles is 1. The zero-order chi connectivity index (χ0) is 11.5. The smallest absolute Gasteiger partial charge is 0.0689 e. The van der Waals surface area contributed by atoms with E-state index in [0.29, 0.717) is 5.41 Å². The molecule has 0 saturated heterocycles. The summed E-state index contributed by atoms with van der Waals surface area (Å²) in [5.74, 6) is 0.834. The van der Waals surface area contributed by atoms with Gasteiger partial charge in [-0.25, -0.2) is 0 Å². The Morgan fingerprint density at radius 2 is 1.80 bits per heavy atom. The molecule has 1 rings (SSSR count). The van der Waals surface area contributed by atoms with Crippen LogP contribution in [0.15, 0.2) is 0 Å². The van der Waals surface area contributed by atoms with Crippen LogP contribution in [0.2, 0.25) is 0 Å². The first-order valence-electron chi connectivity index (χ1n) is 6.28. The van der Waals surface area contributed by atoms with Gasteiger partial charge in [0.25, 0.3) is 0 Å². The second kappa shape index (κ2) is 4.56. The highest BCUT2D eigenvalue weighted by molar-refractivity contribution is 5.01. The van der Waals surface area contributed by atoms with Crippen molar-refractivity contribution in [3.05, 3.63) is 0 Å². The molecule has 0 aromatic rings. The summed E-state index contributed by atoms with van der Waals surface area (Å²) in [5, 5.41) is 9.37. The molecule has 0 radical (unpaired) electrons. The van der Waals surface area contributed by atoms with E-state index in [1.54, 1.807) is 0 Å². The SMILES string of the molecule is CC1CCC(C#N)(CCC(C)(C)C)CC1. The summed E-state index contributed by atoms with van der Waals surface area (Å²) in [4.78, 5) is 0. The largest absolute Gasteiger partial charge is 0.198 e. The minimum atomic E-state index is 0.0137. The van der Waals surface area contributed by atoms with Gasteiger partial charge >= 0.3 is 0 Å². The highest BCUT2D eigenvalue weighted by Crippen LogP contribution is 2.43. The molecule has 1 aliphatic carbocycles. The van der Waals surface area contributed by atoms with Gasteiger partial charge in [0.2, 0.25) is 0 Å². The summed E-state index contributed by atoms with van der Waals surface area (Å²) >= 11 is 0. The topological polar surface area (TPSA) is 23.8 Å². The lowest BCUT2D eigenvalue weighted by Gasteiger charge is -2.35. The second-order valence-corrected chi connectivity index (χ2v) is 6.64. The zero-order valence-electron chi connectivity index (χ0n) is 10.8. The molecule has 0 spiro atoms. The van der Waals surface area contributed by atoms with Gasteiger partial charge in [-0.15, -0.1) is 0 Å². The lowest BCUT2D eigenvalue weighted by atomic mass is 9.67. The molecule has 0 aromatic heterocycles. The summed E-state index contributed by atoms with van der Waals surface area (Å²) in [6.45, 7) is 9.11. The maximum absolute atomic E-state index is 9.37. The summed E-state index contributed by atoms with van der Waals surface area (Å²) in [6.07, 6.45) is 7.02. The van der Waals surface area contributed by atoms with Crippen molar-refractivity contribution in [3.8, 4) is 6.07 Å². The fourth-order valence-electron chi connectivity index (χ4n) is 2.35. The first-order chi connectivity index (χ1) is 6.87. The first kappa shape index (κ1) is 12.6. The normalized spacial score (nSPS) is 32.3. The van der Waals surface area contributed by atoms with E-state index in [4.69, 9.17) is 0 Å². The predicted octanol–water partition coefficient (Wildman–Crippen LogP) is 4.53. The van der Waals surface area contributed by atoms with Crippen molar-refractivity contribution in [1.29, 1.82) is 5.26 Å². The molecule has 15 heavy (non-hydrogen) atoms. The van der Waals surface area contributed by atoms with Gasteiger partial charge < -0.3 is 0 Å². The lowest BCUT2D eigenvalue weighted by molar-refractivity contribution is 0.179. The summed E-state index contributed by atoms with van der Waals surface area (Å²) in [7, 11) is 0. The molecule has 1 aliphatic rings. The molecule has 0 amide bonds. The molecular formula is C14H25N. The average Bonchev–Trinajstić information content (AvgIpc) is 2.17. The zero-order valence-corrected chi connectivity index (χ0v) is 10.8. The van der Waals surface area contributed by atoms with Gasteiger partial charge in [0.1, 0.15) is 0 Å². The Morgan fingerprint density at radius 3 is 2.20 bits per heavy atom. The molecule has 1 saturated carbocycles. The van der Waals surface area contributed by atoms with Gasteiger partial charge in [-0.3, -0.25) is 0 Å². The van der Waals surface area contributed by atoms with Crippen LogP contribution in [0, 0.1) is 28.1 Å². The van der Waals surface area contributed by atoms with Crippen LogP contribution < -0.4 is 0 Å². The van der Waals surface area contributed by atoms with Crippen LogP contribution in [-0.4, -0.2) is 0 Å². The van der Waals surface area contributed by atoms with Gasteiger partial charge in [-0.1, -0.05) is 27.7 Å². The Hall–Kier alpha value is -0.510. The van der Waals surface area contributed by atoms with Crippen molar-refractivity contribution in [2.24, 2.45) is 16.7 Å². The molecule has 1 fully saturated rings. The van der Waals surface area contributed by atoms with Crippen LogP contribution in [-0.2, 0) is 0 Å². The van der Waals surface area contributed by atoms with Gasteiger partial charge in [-0.2, -0.15) is 5.26 Å². The number of nitrogens with zero attached hydrogens (tertiary/aromatic N) is 1. The summed E-state index contributed by atoms with van der Waals surface area (Å²) in [5.41, 5.74) is 0.382. The second-order valence-electron chi connectivity index (χ2n) is 6.64. The summed E-state index contributed by atoms with van der Waals surface area (Å²) < 4.78 is 0. The Balaban J connectivity index is 2.52. The van der Waals surface area contributed by atoms with Crippen molar-refractivity contribution in [2.75, 3.05) is 0 Å². The summed E-state index contributed by atoms with van der Waals surface area (Å²) in [6, 6.07) is 2.61. The molecule has 0 heterocycles. The maximum Gasteiger partial charge on any atom is 0.0689 e. The van der Waals surface area contributed by atoms with E-state index >= 15 is 0 Å². The molecule has 0 atom stereocenters. The molecule has 1 heteroatoms. The fraction of sp³-hybridized carbons (Fsp3) is 0.929. The van der Waals surface area contributed by atoms with Gasteiger partial charge in [0, 0.05) is 0 Å². The Morgan fingerprint density at radius 1 is 1.27 bits per heavy atom. The van der Waals surface area contributed by atoms with Crippen molar-refractivity contribution in [1.82, 2.24) is 0 Å². The van der Waals surface area contributed by atoms with E-state index in [1.165, 1.54) is 19.3 Å². The van der Waals surface area contributed by atoms with E-state index in [9.17, 15) is 5.26 Å². The molecule has 0 aliphatic heterocycles. The van der Waals surface area contributed by atoms with Crippen molar-refractivity contribution < 1.29 is 0 Å². The Bertz CT molecular complexity index is 233. The van der Waals surface area contributed by atoms with Crippen molar-refractivity contribution in [2.45, 2.75) is 66.2 Å². The Kier molecular flexibility index (Phi) is 3.82. The molecule has 0 N–H and O–H groups in total. The molecule has 0 bridgehead atoms. The van der Waals surface area contributed by atoms with Crippen LogP contribution >= 0.6 is 0 Å². The van der Waals surface area contributed by atoms with Crippen LogP contribution in [0.1, 0.15) is 66.2 Å². The number of hydrogen-bond acceptors (Lipinski definition) is 1. The van der Waals surface area contributed by atoms with Crippen LogP contribution in [0.3, 0.4) is 0 Å². The molecule has 0 aromatic carbocycles. The van der Waals surface area contributed by atoms with Crippen molar-refractivity contribution >= 4 is 0 Å². The van der Waals surface area contributed by atoms with E-state index in [-0.39, 0.29) is 5.41 Å². The van der Waals surface area contributed by atoms with E-state index in [0.717, 1.165) is 25.2 Å². The van der Waals surface area contributed by atoms with Crippen molar-refractivity contribution in [3.63, 3.8) is 0 Å². The molecular weight excluding hydrogens is 182 g/mol. The van der Waals surface area contributed by atoms with Crippen LogP contribution in [0.5, 0.6) is 0 Å². The Labute approximate surface area is 94.9 Å². The third-order valence-corrected chi connectivity index (χ3v) is 3.82. The molecule has 1 nitrogen and oxygen atoms in total. The average molecular weight is 207 g/mol. The minimum absolute atomic E-state index is 0.0137. The molecule has 0 unspecified atom stereocenters. The van der Waals surface area contributed by atoms with E-state index in [2.05, 4.69) is 33.8 Å². The third kappa shape index (κ3) is 3.86. The first-order valence-corrected chi connectivity index (χ1v) is 6.28. The van der Waals surface area contributed by atoms with Gasteiger partial charge in [0.15, 0.2) is 0 Å². The van der Waals surface area contributed by atoms with Gasteiger partial charge in [0.05, 0.1) is 11.5 Å². The highest BCUT2D eigenvalue weighted by atomic mass is 14.4. The number of hydrogen-bond donors (Lipinski definition) is 0. The van der Waals surface area contributed by atoms with E-state index in [1.807, 2.05) is 0 Å². The maximum atomic E-state index is 9.37. The number of rotatable bonds is 2. The monoisotopic (exact) mass is 207 g/mol. The van der Waals surface area contributed by atoms with E-state index < -0.39 is 0 Å². The minimum Gasteiger partial charge on any atom is -0.198 e. The lowest BCUT2D eigenvalue weighted by Crippen LogP contribution is -2.26. The highest BCUT2D eigenvalue weighted by Gasteiger charge is 2.34. The third-order valence-electron chi connectivity index (χ3n) is 3.82.